The molecule has 1 amide bonds. The smallest absolute Gasteiger partial charge is 0.280 e. The zero-order valence-electron chi connectivity index (χ0n) is 12.5. The molecule has 6 heteroatoms. The number of nitrogens with zero attached hydrogens (tertiary/aromatic N) is 3. The topological polar surface area (TPSA) is 38.1 Å². The van der Waals surface area contributed by atoms with Crippen LogP contribution in [0.3, 0.4) is 0 Å². The zero-order chi connectivity index (χ0) is 15.9. The minimum atomic E-state index is -2.61. The molecule has 118 valence electrons. The number of rotatable bonds is 5. The van der Waals surface area contributed by atoms with Gasteiger partial charge in [0.25, 0.3) is 12.3 Å². The molecule has 4 nitrogen and oxygen atoms in total. The van der Waals surface area contributed by atoms with Crippen molar-refractivity contribution in [3.05, 3.63) is 36.6 Å². The molecule has 2 aliphatic carbocycles. The summed E-state index contributed by atoms with van der Waals surface area (Å²) in [7, 11) is 1.46. The van der Waals surface area contributed by atoms with E-state index >= 15 is 0 Å². The molecule has 1 aromatic rings. The highest BCUT2D eigenvalue weighted by molar-refractivity contribution is 6.00. The standard InChI is InChI=1S/C16H19F2N3O/c1-3-15(22)21(9-12-7-10-4-5-11(12)6-10)14-8-13(16(17)18)20(2)19-14/h3-5,8,10-12,16H,1,6-7,9H2,2H3. The third-order valence-electron chi connectivity index (χ3n) is 4.68. The molecule has 2 aliphatic rings. The number of hydrogen-bond acceptors (Lipinski definition) is 2. The first kappa shape index (κ1) is 14.9. The third-order valence-corrected chi connectivity index (χ3v) is 4.68. The van der Waals surface area contributed by atoms with Crippen LogP contribution in [-0.4, -0.2) is 22.2 Å². The molecule has 1 aromatic heterocycles. The highest BCUT2D eigenvalue weighted by Crippen LogP contribution is 2.44. The van der Waals surface area contributed by atoms with Crippen LogP contribution in [0.5, 0.6) is 0 Å². The minimum Gasteiger partial charge on any atom is -0.291 e. The highest BCUT2D eigenvalue weighted by Gasteiger charge is 2.37. The molecular weight excluding hydrogens is 288 g/mol. The summed E-state index contributed by atoms with van der Waals surface area (Å²) in [4.78, 5) is 13.6. The molecule has 1 saturated carbocycles. The number of halogens is 2. The second-order valence-corrected chi connectivity index (χ2v) is 6.04. The molecule has 3 rings (SSSR count). The van der Waals surface area contributed by atoms with Gasteiger partial charge in [-0.1, -0.05) is 18.7 Å². The average Bonchev–Trinajstić information content (AvgIpc) is 3.18. The van der Waals surface area contributed by atoms with Crippen molar-refractivity contribution in [2.75, 3.05) is 11.4 Å². The fraction of sp³-hybridized carbons (Fsp3) is 0.500. The quantitative estimate of drug-likeness (QED) is 0.619. The number of amides is 1. The van der Waals surface area contributed by atoms with E-state index < -0.39 is 6.43 Å². The first-order valence-corrected chi connectivity index (χ1v) is 7.44. The van der Waals surface area contributed by atoms with Gasteiger partial charge in [-0.3, -0.25) is 14.4 Å². The van der Waals surface area contributed by atoms with Gasteiger partial charge in [-0.2, -0.15) is 5.10 Å². The van der Waals surface area contributed by atoms with E-state index in [-0.39, 0.29) is 17.4 Å². The molecular formula is C16H19F2N3O. The van der Waals surface area contributed by atoms with Crippen molar-refractivity contribution in [3.63, 3.8) is 0 Å². The Hall–Kier alpha value is -1.98. The van der Waals surface area contributed by atoms with Crippen molar-refractivity contribution in [1.29, 1.82) is 0 Å². The Morgan fingerprint density at radius 3 is 2.82 bits per heavy atom. The van der Waals surface area contributed by atoms with E-state index in [0.717, 1.165) is 17.5 Å². The zero-order valence-corrected chi connectivity index (χ0v) is 12.5. The number of carbonyl (C=O) groups excluding carboxylic acids is 1. The van der Waals surface area contributed by atoms with E-state index in [2.05, 4.69) is 23.8 Å². The van der Waals surface area contributed by atoms with Crippen LogP contribution in [0, 0.1) is 17.8 Å². The summed E-state index contributed by atoms with van der Waals surface area (Å²) in [6.45, 7) is 4.00. The van der Waals surface area contributed by atoms with Gasteiger partial charge in [0, 0.05) is 19.7 Å². The third kappa shape index (κ3) is 2.58. The molecule has 0 aliphatic heterocycles. The maximum Gasteiger partial charge on any atom is 0.280 e. The van der Waals surface area contributed by atoms with Crippen LogP contribution in [0.15, 0.2) is 30.9 Å². The normalized spacial score (nSPS) is 25.9. The lowest BCUT2D eigenvalue weighted by Crippen LogP contribution is -2.35. The fourth-order valence-corrected chi connectivity index (χ4v) is 3.55. The molecule has 3 atom stereocenters. The molecule has 0 aromatic carbocycles. The van der Waals surface area contributed by atoms with Crippen LogP contribution in [0.25, 0.3) is 0 Å². The molecule has 0 saturated heterocycles. The Bertz CT molecular complexity index is 623. The van der Waals surface area contributed by atoms with Gasteiger partial charge < -0.3 is 0 Å². The lowest BCUT2D eigenvalue weighted by Gasteiger charge is -2.26. The molecule has 0 radical (unpaired) electrons. The van der Waals surface area contributed by atoms with Gasteiger partial charge in [-0.05, 0) is 36.7 Å². The summed E-state index contributed by atoms with van der Waals surface area (Å²) in [6, 6.07) is 1.29. The van der Waals surface area contributed by atoms with Crippen molar-refractivity contribution < 1.29 is 13.6 Å². The van der Waals surface area contributed by atoms with E-state index in [1.165, 1.54) is 24.1 Å². The van der Waals surface area contributed by atoms with Crippen LogP contribution >= 0.6 is 0 Å². The van der Waals surface area contributed by atoms with Gasteiger partial charge in [0.1, 0.15) is 5.69 Å². The molecule has 1 fully saturated rings. The van der Waals surface area contributed by atoms with Crippen molar-refractivity contribution in [2.24, 2.45) is 24.8 Å². The van der Waals surface area contributed by atoms with E-state index in [0.29, 0.717) is 24.3 Å². The minimum absolute atomic E-state index is 0.190. The molecule has 2 bridgehead atoms. The largest absolute Gasteiger partial charge is 0.291 e. The van der Waals surface area contributed by atoms with E-state index in [4.69, 9.17) is 0 Å². The summed E-state index contributed by atoms with van der Waals surface area (Å²) in [5, 5.41) is 4.08. The average molecular weight is 307 g/mol. The maximum atomic E-state index is 12.9. The Morgan fingerprint density at radius 2 is 2.32 bits per heavy atom. The van der Waals surface area contributed by atoms with Gasteiger partial charge >= 0.3 is 0 Å². The van der Waals surface area contributed by atoms with Crippen LogP contribution < -0.4 is 4.90 Å². The number of hydrogen-bond donors (Lipinski definition) is 0. The number of carbonyl (C=O) groups is 1. The Labute approximate surface area is 128 Å². The van der Waals surface area contributed by atoms with Gasteiger partial charge in [-0.15, -0.1) is 0 Å². The van der Waals surface area contributed by atoms with E-state index in [9.17, 15) is 13.6 Å². The van der Waals surface area contributed by atoms with Crippen molar-refractivity contribution in [2.45, 2.75) is 19.3 Å². The van der Waals surface area contributed by atoms with Gasteiger partial charge in [0.15, 0.2) is 5.82 Å². The number of aryl methyl sites for hydroxylation is 1. The highest BCUT2D eigenvalue weighted by atomic mass is 19.3. The van der Waals surface area contributed by atoms with Gasteiger partial charge in [0.05, 0.1) is 0 Å². The predicted molar refractivity (Wildman–Crippen MR) is 79.6 cm³/mol. The molecule has 0 spiro atoms. The van der Waals surface area contributed by atoms with Gasteiger partial charge in [0.2, 0.25) is 0 Å². The summed E-state index contributed by atoms with van der Waals surface area (Å²) < 4.78 is 27.0. The monoisotopic (exact) mass is 307 g/mol. The first-order chi connectivity index (χ1) is 10.5. The molecule has 3 unspecified atom stereocenters. The molecule has 0 N–H and O–H groups in total. The van der Waals surface area contributed by atoms with Crippen LogP contribution in [0.1, 0.15) is 25.0 Å². The van der Waals surface area contributed by atoms with Crippen LogP contribution in [-0.2, 0) is 11.8 Å². The summed E-state index contributed by atoms with van der Waals surface area (Å²) in [5.74, 6) is 1.40. The Kier molecular flexibility index (Phi) is 3.85. The van der Waals surface area contributed by atoms with E-state index in [1.54, 1.807) is 0 Å². The lowest BCUT2D eigenvalue weighted by atomic mass is 9.93. The Balaban J connectivity index is 1.84. The van der Waals surface area contributed by atoms with Gasteiger partial charge in [-0.25, -0.2) is 8.78 Å². The lowest BCUT2D eigenvalue weighted by molar-refractivity contribution is -0.114. The second kappa shape index (κ2) is 5.66. The number of alkyl halides is 2. The van der Waals surface area contributed by atoms with Crippen molar-refractivity contribution in [3.8, 4) is 0 Å². The van der Waals surface area contributed by atoms with Crippen molar-refractivity contribution in [1.82, 2.24) is 9.78 Å². The number of anilines is 1. The van der Waals surface area contributed by atoms with Crippen LogP contribution in [0.2, 0.25) is 0 Å². The molecule has 1 heterocycles. The number of aromatic nitrogens is 2. The summed E-state index contributed by atoms with van der Waals surface area (Å²) >= 11 is 0. The predicted octanol–water partition coefficient (Wildman–Crippen LogP) is 3.09. The molecule has 22 heavy (non-hydrogen) atoms. The Morgan fingerprint density at radius 1 is 1.55 bits per heavy atom. The first-order valence-electron chi connectivity index (χ1n) is 7.44. The number of fused-ring (bicyclic) bond motifs is 2. The van der Waals surface area contributed by atoms with E-state index in [1.807, 2.05) is 0 Å². The summed E-state index contributed by atoms with van der Waals surface area (Å²) in [5.41, 5.74) is -0.190. The summed E-state index contributed by atoms with van der Waals surface area (Å²) in [6.07, 6.45) is 5.20. The second-order valence-electron chi connectivity index (χ2n) is 6.04. The maximum absolute atomic E-state index is 12.9. The van der Waals surface area contributed by atoms with Crippen molar-refractivity contribution >= 4 is 11.7 Å². The fourth-order valence-electron chi connectivity index (χ4n) is 3.55. The number of allylic oxidation sites excluding steroid dienone is 2. The van der Waals surface area contributed by atoms with Crippen LogP contribution in [0.4, 0.5) is 14.6 Å². The SMILES string of the molecule is C=CC(=O)N(CC1CC2C=CC1C2)c1cc(C(F)F)n(C)n1.